The molecule has 0 saturated carbocycles. The van der Waals surface area contributed by atoms with Crippen molar-refractivity contribution in [1.29, 1.82) is 0 Å². The van der Waals surface area contributed by atoms with E-state index in [2.05, 4.69) is 9.97 Å². The Morgan fingerprint density at radius 1 is 1.38 bits per heavy atom. The third-order valence-electron chi connectivity index (χ3n) is 3.08. The van der Waals surface area contributed by atoms with Gasteiger partial charge in [-0.05, 0) is 38.2 Å². The number of nitrogens with one attached hydrogen (secondary N) is 1. The number of nitrogens with two attached hydrogens (primary N) is 1. The Hall–Kier alpha value is -1.16. The fraction of sp³-hybridized carbons (Fsp3) is 0.667. The number of aromatic amines is 1. The summed E-state index contributed by atoms with van der Waals surface area (Å²) in [6.45, 7) is 1.95. The molecule has 0 saturated heterocycles. The monoisotopic (exact) mass is 221 g/mol. The van der Waals surface area contributed by atoms with Gasteiger partial charge in [0, 0.05) is 18.2 Å². The highest BCUT2D eigenvalue weighted by atomic mass is 16.1. The maximum atomic E-state index is 11.4. The lowest BCUT2D eigenvalue weighted by atomic mass is 10.0. The van der Waals surface area contributed by atoms with Crippen molar-refractivity contribution in [3.63, 3.8) is 0 Å². The molecule has 16 heavy (non-hydrogen) atoms. The molecule has 0 fully saturated rings. The molecule has 0 spiro atoms. The van der Waals surface area contributed by atoms with E-state index in [0.717, 1.165) is 30.7 Å². The third-order valence-corrected chi connectivity index (χ3v) is 3.08. The van der Waals surface area contributed by atoms with Crippen LogP contribution in [0.2, 0.25) is 0 Å². The van der Waals surface area contributed by atoms with Crippen molar-refractivity contribution in [2.24, 2.45) is 5.73 Å². The minimum Gasteiger partial charge on any atom is -0.328 e. The Bertz CT molecular complexity index is 423. The first kappa shape index (κ1) is 11.3. The van der Waals surface area contributed by atoms with Gasteiger partial charge in [-0.25, -0.2) is 4.79 Å². The first-order valence-corrected chi connectivity index (χ1v) is 6.03. The molecule has 1 aliphatic carbocycles. The van der Waals surface area contributed by atoms with Crippen LogP contribution in [0.4, 0.5) is 0 Å². The topological polar surface area (TPSA) is 71.8 Å². The second-order valence-electron chi connectivity index (χ2n) is 4.69. The average molecular weight is 221 g/mol. The summed E-state index contributed by atoms with van der Waals surface area (Å²) in [4.78, 5) is 18.4. The largest absolute Gasteiger partial charge is 0.345 e. The van der Waals surface area contributed by atoms with Crippen LogP contribution in [0.5, 0.6) is 0 Å². The summed E-state index contributed by atoms with van der Waals surface area (Å²) in [5.74, 6) is 0. The molecule has 1 aliphatic rings. The molecule has 0 aromatic carbocycles. The van der Waals surface area contributed by atoms with Crippen molar-refractivity contribution in [2.45, 2.75) is 51.5 Å². The van der Waals surface area contributed by atoms with E-state index in [-0.39, 0.29) is 11.7 Å². The predicted molar refractivity (Wildman–Crippen MR) is 63.5 cm³/mol. The zero-order chi connectivity index (χ0) is 11.5. The van der Waals surface area contributed by atoms with E-state index in [1.54, 1.807) is 0 Å². The zero-order valence-electron chi connectivity index (χ0n) is 9.75. The lowest BCUT2D eigenvalue weighted by molar-refractivity contribution is 0.693. The second kappa shape index (κ2) is 4.78. The van der Waals surface area contributed by atoms with Crippen molar-refractivity contribution in [3.8, 4) is 0 Å². The van der Waals surface area contributed by atoms with E-state index in [4.69, 9.17) is 5.73 Å². The number of hydrogen-bond donors (Lipinski definition) is 2. The number of rotatable bonds is 2. The molecule has 1 aromatic heterocycles. The standard InChI is InChI=1S/C12H19N3O/c1-8(13)7-11-9-5-3-2-4-6-10(9)14-12(16)15-11/h8H,2-7,13H2,1H3,(H,14,15,16). The summed E-state index contributed by atoms with van der Waals surface area (Å²) in [6, 6.07) is 0.0571. The van der Waals surface area contributed by atoms with E-state index in [1.165, 1.54) is 18.4 Å². The highest BCUT2D eigenvalue weighted by Crippen LogP contribution is 2.20. The van der Waals surface area contributed by atoms with Gasteiger partial charge in [0.1, 0.15) is 0 Å². The summed E-state index contributed by atoms with van der Waals surface area (Å²) in [6.07, 6.45) is 6.28. The SMILES string of the molecule is CC(N)Cc1nc(=O)[nH]c2c1CCCCC2. The van der Waals surface area contributed by atoms with E-state index < -0.39 is 0 Å². The maximum Gasteiger partial charge on any atom is 0.345 e. The molecule has 1 aromatic rings. The fourth-order valence-corrected chi connectivity index (χ4v) is 2.36. The van der Waals surface area contributed by atoms with Gasteiger partial charge in [-0.1, -0.05) is 6.42 Å². The summed E-state index contributed by atoms with van der Waals surface area (Å²) >= 11 is 0. The Morgan fingerprint density at radius 3 is 2.88 bits per heavy atom. The zero-order valence-corrected chi connectivity index (χ0v) is 9.75. The van der Waals surface area contributed by atoms with Crippen LogP contribution in [0.25, 0.3) is 0 Å². The van der Waals surface area contributed by atoms with E-state index in [0.29, 0.717) is 6.42 Å². The fourth-order valence-electron chi connectivity index (χ4n) is 2.36. The van der Waals surface area contributed by atoms with Crippen molar-refractivity contribution in [3.05, 3.63) is 27.4 Å². The van der Waals surface area contributed by atoms with Gasteiger partial charge in [-0.2, -0.15) is 4.98 Å². The van der Waals surface area contributed by atoms with Crippen LogP contribution in [0, 0.1) is 0 Å². The van der Waals surface area contributed by atoms with Crippen LogP contribution >= 0.6 is 0 Å². The number of H-pyrrole nitrogens is 1. The summed E-state index contributed by atoms with van der Waals surface area (Å²) in [7, 11) is 0. The molecule has 0 aliphatic heterocycles. The molecule has 4 nitrogen and oxygen atoms in total. The third kappa shape index (κ3) is 2.50. The van der Waals surface area contributed by atoms with Gasteiger partial charge < -0.3 is 10.7 Å². The Morgan fingerprint density at radius 2 is 2.12 bits per heavy atom. The quantitative estimate of drug-likeness (QED) is 0.730. The van der Waals surface area contributed by atoms with Crippen LogP contribution in [0.3, 0.4) is 0 Å². The van der Waals surface area contributed by atoms with Crippen molar-refractivity contribution in [1.82, 2.24) is 9.97 Å². The molecule has 1 heterocycles. The smallest absolute Gasteiger partial charge is 0.328 e. The van der Waals surface area contributed by atoms with E-state index in [1.807, 2.05) is 6.92 Å². The van der Waals surface area contributed by atoms with Gasteiger partial charge in [-0.15, -0.1) is 0 Å². The number of aryl methyl sites for hydroxylation is 1. The lowest BCUT2D eigenvalue weighted by Crippen LogP contribution is -2.25. The molecular formula is C12H19N3O. The van der Waals surface area contributed by atoms with Gasteiger partial charge >= 0.3 is 5.69 Å². The predicted octanol–water partition coefficient (Wildman–Crippen LogP) is 0.929. The summed E-state index contributed by atoms with van der Waals surface area (Å²) < 4.78 is 0. The van der Waals surface area contributed by atoms with Gasteiger partial charge in [0.05, 0.1) is 5.69 Å². The molecule has 88 valence electrons. The maximum absolute atomic E-state index is 11.4. The van der Waals surface area contributed by atoms with E-state index >= 15 is 0 Å². The molecule has 1 unspecified atom stereocenters. The van der Waals surface area contributed by atoms with Crippen LogP contribution in [0.15, 0.2) is 4.79 Å². The molecule has 1 atom stereocenters. The molecule has 0 amide bonds. The number of hydrogen-bond acceptors (Lipinski definition) is 3. The Labute approximate surface area is 95.3 Å². The van der Waals surface area contributed by atoms with Crippen LogP contribution in [-0.4, -0.2) is 16.0 Å². The summed E-state index contributed by atoms with van der Waals surface area (Å²) in [5, 5.41) is 0. The van der Waals surface area contributed by atoms with Gasteiger partial charge in [0.25, 0.3) is 0 Å². The van der Waals surface area contributed by atoms with Gasteiger partial charge in [0.2, 0.25) is 0 Å². The Balaban J connectivity index is 2.42. The normalized spacial score (nSPS) is 17.6. The van der Waals surface area contributed by atoms with Crippen LogP contribution in [-0.2, 0) is 19.3 Å². The minimum absolute atomic E-state index is 0.0571. The molecule has 4 heteroatoms. The van der Waals surface area contributed by atoms with Crippen molar-refractivity contribution in [2.75, 3.05) is 0 Å². The van der Waals surface area contributed by atoms with Crippen LogP contribution in [0.1, 0.15) is 43.1 Å². The lowest BCUT2D eigenvalue weighted by Gasteiger charge is -2.12. The molecule has 0 bridgehead atoms. The van der Waals surface area contributed by atoms with Crippen molar-refractivity contribution >= 4 is 0 Å². The first-order chi connectivity index (χ1) is 7.66. The number of nitrogens with zero attached hydrogens (tertiary/aromatic N) is 1. The van der Waals surface area contributed by atoms with Crippen molar-refractivity contribution < 1.29 is 0 Å². The highest BCUT2D eigenvalue weighted by molar-refractivity contribution is 5.26. The minimum atomic E-state index is -0.226. The number of fused-ring (bicyclic) bond motifs is 1. The first-order valence-electron chi connectivity index (χ1n) is 6.03. The Kier molecular flexibility index (Phi) is 3.39. The van der Waals surface area contributed by atoms with Gasteiger partial charge in [0.15, 0.2) is 0 Å². The molecule has 2 rings (SSSR count). The summed E-state index contributed by atoms with van der Waals surface area (Å²) in [5.41, 5.74) is 8.82. The average Bonchev–Trinajstić information content (AvgIpc) is 2.41. The molecular weight excluding hydrogens is 202 g/mol. The van der Waals surface area contributed by atoms with Crippen LogP contribution < -0.4 is 11.4 Å². The second-order valence-corrected chi connectivity index (χ2v) is 4.69. The molecule has 3 N–H and O–H groups in total. The number of aromatic nitrogens is 2. The molecule has 0 radical (unpaired) electrons. The van der Waals surface area contributed by atoms with E-state index in [9.17, 15) is 4.79 Å². The van der Waals surface area contributed by atoms with Gasteiger partial charge in [-0.3, -0.25) is 0 Å². The highest BCUT2D eigenvalue weighted by Gasteiger charge is 2.15.